The lowest BCUT2D eigenvalue weighted by atomic mass is 9.90. The molecule has 6 nitrogen and oxygen atoms in total. The van der Waals surface area contributed by atoms with Crippen molar-refractivity contribution >= 4 is 11.6 Å². The van der Waals surface area contributed by atoms with E-state index in [9.17, 15) is 24.8 Å². The minimum Gasteiger partial charge on any atom is -0.508 e. The van der Waals surface area contributed by atoms with Crippen LogP contribution in [0.3, 0.4) is 0 Å². The predicted molar refractivity (Wildman–Crippen MR) is 101 cm³/mol. The van der Waals surface area contributed by atoms with Crippen molar-refractivity contribution in [3.8, 4) is 22.6 Å². The van der Waals surface area contributed by atoms with Crippen LogP contribution in [0.4, 0.5) is 4.39 Å². The Hall–Kier alpha value is -1.90. The van der Waals surface area contributed by atoms with Gasteiger partial charge < -0.3 is 29.9 Å². The monoisotopic (exact) mass is 412 g/mol. The van der Waals surface area contributed by atoms with E-state index in [1.807, 2.05) is 6.92 Å². The van der Waals surface area contributed by atoms with Crippen LogP contribution in [0.5, 0.6) is 11.5 Å². The molecule has 2 atom stereocenters. The molecule has 0 spiro atoms. The summed E-state index contributed by atoms with van der Waals surface area (Å²) in [6.45, 7) is 1.22. The van der Waals surface area contributed by atoms with E-state index in [-0.39, 0.29) is 36.2 Å². The summed E-state index contributed by atoms with van der Waals surface area (Å²) >= 11 is 5.91. The highest BCUT2D eigenvalue weighted by Gasteiger charge is 2.36. The van der Waals surface area contributed by atoms with Gasteiger partial charge >= 0.3 is 0 Å². The molecule has 1 aliphatic heterocycles. The number of hydrogen-bond acceptors (Lipinski definition) is 6. The maximum Gasteiger partial charge on any atom is 0.162 e. The fourth-order valence-electron chi connectivity index (χ4n) is 3.52. The number of aromatic hydroxyl groups is 2. The number of hydrogen-bond donors (Lipinski definition) is 4. The number of ether oxygens (including phenoxy) is 2. The zero-order valence-corrected chi connectivity index (χ0v) is 16.0. The Labute approximate surface area is 166 Å². The number of rotatable bonds is 6. The van der Waals surface area contributed by atoms with E-state index in [4.69, 9.17) is 21.1 Å². The zero-order valence-electron chi connectivity index (χ0n) is 15.2. The summed E-state index contributed by atoms with van der Waals surface area (Å²) in [6, 6.07) is 5.32. The van der Waals surface area contributed by atoms with Gasteiger partial charge in [-0.05, 0) is 35.2 Å². The Bertz CT molecular complexity index is 847. The minimum atomic E-state index is -0.796. The van der Waals surface area contributed by atoms with Gasteiger partial charge in [-0.1, -0.05) is 24.6 Å². The SMILES string of the molecule is CCc1c(O)cc(O)c(-c2ccc(F)c(Cl)c2)c1CC1O[C@H](CO)[C@@H](CO)O1. The first-order valence-electron chi connectivity index (χ1n) is 8.94. The first-order chi connectivity index (χ1) is 13.4. The Morgan fingerprint density at radius 1 is 1.00 bits per heavy atom. The number of aliphatic hydroxyl groups excluding tert-OH is 2. The molecule has 0 radical (unpaired) electrons. The standard InChI is InChI=1S/C20H22ClFO6/c1-2-11-12(6-19-27-17(8-23)18(9-24)28-19)20(16(26)7-15(11)25)10-3-4-14(22)13(21)5-10/h3-5,7,17-19,23-26H,2,6,8-9H2,1H3/t17-,18-/m1/s1. The van der Waals surface area contributed by atoms with E-state index in [0.717, 1.165) is 0 Å². The van der Waals surface area contributed by atoms with Crippen LogP contribution >= 0.6 is 11.6 Å². The first-order valence-corrected chi connectivity index (χ1v) is 9.32. The summed E-state index contributed by atoms with van der Waals surface area (Å²) in [5, 5.41) is 39.5. The van der Waals surface area contributed by atoms with Gasteiger partial charge in [0.1, 0.15) is 29.5 Å². The van der Waals surface area contributed by atoms with Gasteiger partial charge in [0.15, 0.2) is 6.29 Å². The molecule has 8 heteroatoms. The van der Waals surface area contributed by atoms with Crippen molar-refractivity contribution in [2.75, 3.05) is 13.2 Å². The lowest BCUT2D eigenvalue weighted by Gasteiger charge is -2.20. The van der Waals surface area contributed by atoms with Gasteiger partial charge in [-0.15, -0.1) is 0 Å². The number of aliphatic hydroxyl groups is 2. The summed E-state index contributed by atoms with van der Waals surface area (Å²) in [4.78, 5) is 0. The van der Waals surface area contributed by atoms with E-state index in [0.29, 0.717) is 28.7 Å². The zero-order chi connectivity index (χ0) is 20.4. The van der Waals surface area contributed by atoms with Gasteiger partial charge in [0.05, 0.1) is 18.2 Å². The van der Waals surface area contributed by atoms with Crippen LogP contribution in [0.25, 0.3) is 11.1 Å². The van der Waals surface area contributed by atoms with E-state index in [1.165, 1.54) is 24.3 Å². The molecule has 2 aromatic rings. The number of halogens is 2. The quantitative estimate of drug-likeness (QED) is 0.582. The maximum atomic E-state index is 13.6. The highest BCUT2D eigenvalue weighted by molar-refractivity contribution is 6.31. The second-order valence-corrected chi connectivity index (χ2v) is 6.98. The Balaban J connectivity index is 2.07. The normalized spacial score (nSPS) is 20.0. The summed E-state index contributed by atoms with van der Waals surface area (Å²) in [6.07, 6.45) is -1.54. The lowest BCUT2D eigenvalue weighted by molar-refractivity contribution is -0.0725. The molecule has 3 rings (SSSR count). The van der Waals surface area contributed by atoms with Gasteiger partial charge in [0.2, 0.25) is 0 Å². The van der Waals surface area contributed by atoms with E-state index < -0.39 is 24.3 Å². The van der Waals surface area contributed by atoms with E-state index in [1.54, 1.807) is 0 Å². The molecule has 0 unspecified atom stereocenters. The highest BCUT2D eigenvalue weighted by atomic mass is 35.5. The minimum absolute atomic E-state index is 0.0811. The van der Waals surface area contributed by atoms with E-state index in [2.05, 4.69) is 0 Å². The third kappa shape index (κ3) is 3.94. The average molecular weight is 413 g/mol. The van der Waals surface area contributed by atoms with Crippen molar-refractivity contribution < 1.29 is 34.3 Å². The van der Waals surface area contributed by atoms with Gasteiger partial charge in [-0.2, -0.15) is 0 Å². The third-order valence-electron chi connectivity index (χ3n) is 4.87. The van der Waals surface area contributed by atoms with Gasteiger partial charge in [-0.25, -0.2) is 4.39 Å². The number of benzene rings is 2. The predicted octanol–water partition coefficient (Wildman–Crippen LogP) is 2.76. The van der Waals surface area contributed by atoms with Crippen LogP contribution in [-0.2, 0) is 22.3 Å². The lowest BCUT2D eigenvalue weighted by Crippen LogP contribution is -2.29. The molecule has 1 fully saturated rings. The average Bonchev–Trinajstić information content (AvgIpc) is 3.06. The van der Waals surface area contributed by atoms with Gasteiger partial charge in [0, 0.05) is 18.1 Å². The van der Waals surface area contributed by atoms with Crippen LogP contribution in [0.15, 0.2) is 24.3 Å². The number of phenols is 2. The van der Waals surface area contributed by atoms with Crippen LogP contribution in [0.1, 0.15) is 18.1 Å². The molecule has 4 N–H and O–H groups in total. The topological polar surface area (TPSA) is 99.4 Å². The summed E-state index contributed by atoms with van der Waals surface area (Å²) < 4.78 is 24.9. The molecule has 2 aromatic carbocycles. The first kappa shape index (κ1) is 20.8. The molecule has 0 bridgehead atoms. The van der Waals surface area contributed by atoms with Crippen LogP contribution < -0.4 is 0 Å². The molecule has 0 aromatic heterocycles. The summed E-state index contributed by atoms with van der Waals surface area (Å²) in [7, 11) is 0. The molecule has 0 amide bonds. The molecule has 0 saturated carbocycles. The molecular weight excluding hydrogens is 391 g/mol. The Morgan fingerprint density at radius 2 is 1.64 bits per heavy atom. The smallest absolute Gasteiger partial charge is 0.162 e. The Morgan fingerprint density at radius 3 is 2.18 bits per heavy atom. The fraction of sp³-hybridized carbons (Fsp3) is 0.400. The molecule has 0 aliphatic carbocycles. The summed E-state index contributed by atoms with van der Waals surface area (Å²) in [5.74, 6) is -0.856. The maximum absolute atomic E-state index is 13.6. The van der Waals surface area contributed by atoms with Crippen LogP contribution in [0.2, 0.25) is 5.02 Å². The van der Waals surface area contributed by atoms with Crippen molar-refractivity contribution in [1.29, 1.82) is 0 Å². The van der Waals surface area contributed by atoms with Crippen LogP contribution in [0, 0.1) is 5.82 Å². The van der Waals surface area contributed by atoms with Crippen molar-refractivity contribution in [3.63, 3.8) is 0 Å². The largest absolute Gasteiger partial charge is 0.508 e. The van der Waals surface area contributed by atoms with Crippen molar-refractivity contribution in [2.45, 2.75) is 38.3 Å². The fourth-order valence-corrected chi connectivity index (χ4v) is 3.70. The highest BCUT2D eigenvalue weighted by Crippen LogP contribution is 2.42. The van der Waals surface area contributed by atoms with Gasteiger partial charge in [-0.3, -0.25) is 0 Å². The molecule has 28 heavy (non-hydrogen) atoms. The Kier molecular flexibility index (Phi) is 6.42. The molecular formula is C20H22ClFO6. The van der Waals surface area contributed by atoms with E-state index >= 15 is 0 Å². The summed E-state index contributed by atoms with van der Waals surface area (Å²) in [5.41, 5.74) is 2.00. The second kappa shape index (κ2) is 8.63. The molecule has 1 heterocycles. The number of phenolic OH excluding ortho intramolecular Hbond substituents is 2. The molecule has 1 aliphatic rings. The van der Waals surface area contributed by atoms with Crippen molar-refractivity contribution in [3.05, 3.63) is 46.2 Å². The molecule has 152 valence electrons. The molecule has 1 saturated heterocycles. The van der Waals surface area contributed by atoms with Gasteiger partial charge in [0.25, 0.3) is 0 Å². The van der Waals surface area contributed by atoms with Crippen LogP contribution in [-0.4, -0.2) is 52.1 Å². The van der Waals surface area contributed by atoms with Crippen molar-refractivity contribution in [2.24, 2.45) is 0 Å². The third-order valence-corrected chi connectivity index (χ3v) is 5.15. The van der Waals surface area contributed by atoms with Crippen molar-refractivity contribution in [1.82, 2.24) is 0 Å². The second-order valence-electron chi connectivity index (χ2n) is 6.58.